The number of carbonyl (C=O) groups excluding carboxylic acids is 1. The van der Waals surface area contributed by atoms with Gasteiger partial charge in [-0.05, 0) is 42.2 Å². The highest BCUT2D eigenvalue weighted by molar-refractivity contribution is 6.01. The molecule has 0 atom stereocenters. The predicted octanol–water partition coefficient (Wildman–Crippen LogP) is 4.13. The van der Waals surface area contributed by atoms with Gasteiger partial charge >= 0.3 is 0 Å². The minimum Gasteiger partial charge on any atom is -0.319 e. The number of anilines is 1. The van der Waals surface area contributed by atoms with Crippen LogP contribution in [-0.4, -0.2) is 20.7 Å². The maximum absolute atomic E-state index is 12.3. The van der Waals surface area contributed by atoms with E-state index in [1.54, 1.807) is 11.0 Å². The molecule has 128 valence electrons. The Labute approximate surface area is 147 Å². The van der Waals surface area contributed by atoms with E-state index in [1.165, 1.54) is 11.1 Å². The van der Waals surface area contributed by atoms with E-state index < -0.39 is 0 Å². The Morgan fingerprint density at radius 3 is 2.24 bits per heavy atom. The Hall–Kier alpha value is -2.95. The van der Waals surface area contributed by atoms with Crippen molar-refractivity contribution < 1.29 is 4.79 Å². The summed E-state index contributed by atoms with van der Waals surface area (Å²) in [5.41, 5.74) is 4.06. The van der Waals surface area contributed by atoms with Gasteiger partial charge in [0.2, 0.25) is 5.82 Å². The molecule has 0 saturated carbocycles. The molecule has 0 aliphatic heterocycles. The minimum atomic E-state index is -0.325. The van der Waals surface area contributed by atoms with Crippen LogP contribution in [0.1, 0.15) is 42.5 Å². The molecule has 25 heavy (non-hydrogen) atoms. The van der Waals surface area contributed by atoms with Crippen LogP contribution in [0.5, 0.6) is 0 Å². The zero-order valence-electron chi connectivity index (χ0n) is 14.9. The average Bonchev–Trinajstić information content (AvgIpc) is 3.05. The lowest BCUT2D eigenvalue weighted by atomic mass is 9.87. The zero-order chi connectivity index (χ0) is 18.0. The fourth-order valence-electron chi connectivity index (χ4n) is 2.43. The van der Waals surface area contributed by atoms with Gasteiger partial charge in [0, 0.05) is 5.69 Å². The van der Waals surface area contributed by atoms with Crippen molar-refractivity contribution in [3.8, 4) is 5.69 Å². The summed E-state index contributed by atoms with van der Waals surface area (Å²) in [4.78, 5) is 16.5. The van der Waals surface area contributed by atoms with Crippen molar-refractivity contribution in [2.24, 2.45) is 0 Å². The van der Waals surface area contributed by atoms with Crippen LogP contribution >= 0.6 is 0 Å². The molecule has 0 spiro atoms. The van der Waals surface area contributed by atoms with Crippen LogP contribution in [0.4, 0.5) is 5.69 Å². The van der Waals surface area contributed by atoms with Crippen molar-refractivity contribution in [1.82, 2.24) is 14.8 Å². The Morgan fingerprint density at radius 1 is 1.00 bits per heavy atom. The number of nitrogens with one attached hydrogen (secondary N) is 1. The van der Waals surface area contributed by atoms with Crippen LogP contribution < -0.4 is 5.32 Å². The summed E-state index contributed by atoms with van der Waals surface area (Å²) in [5, 5.41) is 7.09. The number of carbonyl (C=O) groups is 1. The quantitative estimate of drug-likeness (QED) is 0.783. The molecule has 0 aliphatic carbocycles. The van der Waals surface area contributed by atoms with Gasteiger partial charge in [0.25, 0.3) is 5.91 Å². The van der Waals surface area contributed by atoms with Crippen LogP contribution in [0.2, 0.25) is 0 Å². The van der Waals surface area contributed by atoms with E-state index in [0.29, 0.717) is 0 Å². The Balaban J connectivity index is 1.72. The van der Waals surface area contributed by atoms with E-state index in [0.717, 1.165) is 11.4 Å². The number of nitrogens with zero attached hydrogens (tertiary/aromatic N) is 3. The predicted molar refractivity (Wildman–Crippen MR) is 99.2 cm³/mol. The van der Waals surface area contributed by atoms with Crippen molar-refractivity contribution in [2.45, 2.75) is 33.1 Å². The van der Waals surface area contributed by atoms with Gasteiger partial charge < -0.3 is 5.32 Å². The van der Waals surface area contributed by atoms with Crippen LogP contribution in [0.3, 0.4) is 0 Å². The molecule has 0 aliphatic rings. The van der Waals surface area contributed by atoms with Crippen molar-refractivity contribution in [3.63, 3.8) is 0 Å². The Morgan fingerprint density at radius 2 is 1.64 bits per heavy atom. The van der Waals surface area contributed by atoms with E-state index in [9.17, 15) is 4.79 Å². The van der Waals surface area contributed by atoms with E-state index in [1.807, 2.05) is 55.5 Å². The van der Waals surface area contributed by atoms with Crippen molar-refractivity contribution >= 4 is 11.6 Å². The van der Waals surface area contributed by atoms with Gasteiger partial charge in [-0.1, -0.05) is 50.6 Å². The summed E-state index contributed by atoms with van der Waals surface area (Å²) in [6.45, 7) is 8.49. The second-order valence-corrected chi connectivity index (χ2v) is 7.13. The molecule has 5 heteroatoms. The maximum Gasteiger partial charge on any atom is 0.295 e. The molecular weight excluding hydrogens is 312 g/mol. The summed E-state index contributed by atoms with van der Waals surface area (Å²) >= 11 is 0. The summed E-state index contributed by atoms with van der Waals surface area (Å²) in [7, 11) is 0. The van der Waals surface area contributed by atoms with Gasteiger partial charge in [0.1, 0.15) is 6.33 Å². The second-order valence-electron chi connectivity index (χ2n) is 7.13. The number of hydrogen-bond acceptors (Lipinski definition) is 3. The molecule has 0 unspecified atom stereocenters. The van der Waals surface area contributed by atoms with E-state index >= 15 is 0 Å². The van der Waals surface area contributed by atoms with Crippen LogP contribution in [0.15, 0.2) is 54.9 Å². The van der Waals surface area contributed by atoms with Crippen molar-refractivity contribution in [1.29, 1.82) is 0 Å². The lowest BCUT2D eigenvalue weighted by molar-refractivity contribution is 0.101. The highest BCUT2D eigenvalue weighted by Crippen LogP contribution is 2.23. The third kappa shape index (κ3) is 3.94. The van der Waals surface area contributed by atoms with E-state index in [-0.39, 0.29) is 17.1 Å². The first-order chi connectivity index (χ1) is 11.8. The summed E-state index contributed by atoms with van der Waals surface area (Å²) < 4.78 is 1.59. The normalized spacial score (nSPS) is 11.4. The monoisotopic (exact) mass is 334 g/mol. The first kappa shape index (κ1) is 16.9. The van der Waals surface area contributed by atoms with Crippen LogP contribution in [0, 0.1) is 6.92 Å². The summed E-state index contributed by atoms with van der Waals surface area (Å²) in [6.07, 6.45) is 1.54. The zero-order valence-corrected chi connectivity index (χ0v) is 14.9. The lowest BCUT2D eigenvalue weighted by Crippen LogP contribution is -2.15. The molecule has 1 N–H and O–H groups in total. The first-order valence-corrected chi connectivity index (χ1v) is 8.23. The molecule has 3 aromatic rings. The molecule has 5 nitrogen and oxygen atoms in total. The van der Waals surface area contributed by atoms with Crippen LogP contribution in [0.25, 0.3) is 5.69 Å². The number of aromatic nitrogens is 3. The molecule has 1 aromatic heterocycles. The van der Waals surface area contributed by atoms with Gasteiger partial charge in [-0.3, -0.25) is 4.79 Å². The van der Waals surface area contributed by atoms with Crippen molar-refractivity contribution in [3.05, 3.63) is 71.8 Å². The molecule has 0 radical (unpaired) electrons. The van der Waals surface area contributed by atoms with Gasteiger partial charge in [-0.2, -0.15) is 0 Å². The average molecular weight is 334 g/mol. The second kappa shape index (κ2) is 6.51. The standard InChI is InChI=1S/C20H22N4O/c1-14-5-11-17(12-6-14)24-13-21-18(23-24)19(25)22-16-9-7-15(8-10-16)20(2,3)4/h5-13H,1-4H3,(H,22,25). The number of amides is 1. The molecular formula is C20H22N4O. The van der Waals surface area contributed by atoms with Gasteiger partial charge in [-0.15, -0.1) is 5.10 Å². The molecule has 0 fully saturated rings. The highest BCUT2D eigenvalue weighted by Gasteiger charge is 2.15. The number of benzene rings is 2. The highest BCUT2D eigenvalue weighted by atomic mass is 16.2. The summed E-state index contributed by atoms with van der Waals surface area (Å²) in [6, 6.07) is 15.7. The minimum absolute atomic E-state index is 0.0803. The Bertz CT molecular complexity index is 871. The van der Waals surface area contributed by atoms with Gasteiger partial charge in [0.05, 0.1) is 5.69 Å². The third-order valence-corrected chi connectivity index (χ3v) is 4.00. The van der Waals surface area contributed by atoms with Gasteiger partial charge in [-0.25, -0.2) is 9.67 Å². The smallest absolute Gasteiger partial charge is 0.295 e. The molecule has 1 heterocycles. The molecule has 0 bridgehead atoms. The first-order valence-electron chi connectivity index (χ1n) is 8.23. The molecule has 3 rings (SSSR count). The van der Waals surface area contributed by atoms with E-state index in [2.05, 4.69) is 36.2 Å². The SMILES string of the molecule is Cc1ccc(-n2cnc(C(=O)Nc3ccc(C(C)(C)C)cc3)n2)cc1. The summed E-state index contributed by atoms with van der Waals surface area (Å²) in [5.74, 6) is -0.185. The fourth-order valence-corrected chi connectivity index (χ4v) is 2.43. The number of aryl methyl sites for hydroxylation is 1. The molecule has 2 aromatic carbocycles. The van der Waals surface area contributed by atoms with Crippen molar-refractivity contribution in [2.75, 3.05) is 5.32 Å². The molecule has 0 saturated heterocycles. The largest absolute Gasteiger partial charge is 0.319 e. The fraction of sp³-hybridized carbons (Fsp3) is 0.250. The topological polar surface area (TPSA) is 59.8 Å². The number of rotatable bonds is 3. The third-order valence-electron chi connectivity index (χ3n) is 4.00. The lowest BCUT2D eigenvalue weighted by Gasteiger charge is -2.19. The van der Waals surface area contributed by atoms with E-state index in [4.69, 9.17) is 0 Å². The number of hydrogen-bond donors (Lipinski definition) is 1. The Kier molecular flexibility index (Phi) is 4.40. The van der Waals surface area contributed by atoms with Gasteiger partial charge in [0.15, 0.2) is 0 Å². The van der Waals surface area contributed by atoms with Crippen LogP contribution in [-0.2, 0) is 5.41 Å². The molecule has 1 amide bonds. The maximum atomic E-state index is 12.3.